The number of anilines is 1. The van der Waals surface area contributed by atoms with Crippen molar-refractivity contribution in [2.24, 2.45) is 0 Å². The van der Waals surface area contributed by atoms with Gasteiger partial charge in [0.1, 0.15) is 10.4 Å². The van der Waals surface area contributed by atoms with Crippen molar-refractivity contribution in [2.75, 3.05) is 12.3 Å². The normalized spacial score (nSPS) is 10.3. The first-order valence-electron chi connectivity index (χ1n) is 5.92. The van der Waals surface area contributed by atoms with Crippen molar-refractivity contribution in [3.8, 4) is 11.3 Å². The van der Waals surface area contributed by atoms with E-state index in [4.69, 9.17) is 10.5 Å². The van der Waals surface area contributed by atoms with Crippen LogP contribution in [0, 0.1) is 5.82 Å². The molecule has 4 nitrogen and oxygen atoms in total. The van der Waals surface area contributed by atoms with Crippen LogP contribution in [0.1, 0.15) is 17.3 Å². The molecule has 0 spiro atoms. The molecule has 6 heteroatoms. The number of nitrogens with two attached hydrogens (primary N) is 1. The Bertz CT molecular complexity index is 662. The molecular formula is C14H12BrFN2O2. The number of halogens is 2. The van der Waals surface area contributed by atoms with Crippen LogP contribution in [0.5, 0.6) is 0 Å². The Hall–Kier alpha value is -1.95. The second-order valence-electron chi connectivity index (χ2n) is 3.99. The molecule has 104 valence electrons. The van der Waals surface area contributed by atoms with Crippen LogP contribution in [0.3, 0.4) is 0 Å². The molecule has 1 aromatic carbocycles. The zero-order chi connectivity index (χ0) is 14.7. The molecule has 0 bridgehead atoms. The smallest absolute Gasteiger partial charge is 0.338 e. The quantitative estimate of drug-likeness (QED) is 0.688. The van der Waals surface area contributed by atoms with Gasteiger partial charge in [-0.15, -0.1) is 0 Å². The average Bonchev–Trinajstić information content (AvgIpc) is 2.43. The third-order valence-corrected chi connectivity index (χ3v) is 3.27. The van der Waals surface area contributed by atoms with Crippen molar-refractivity contribution in [1.29, 1.82) is 0 Å². The lowest BCUT2D eigenvalue weighted by molar-refractivity contribution is 0.0526. The number of carbonyl (C=O) groups excluding carboxylic acids is 1. The summed E-state index contributed by atoms with van der Waals surface area (Å²) in [6.45, 7) is 1.97. The molecule has 0 radical (unpaired) electrons. The van der Waals surface area contributed by atoms with Gasteiger partial charge >= 0.3 is 5.97 Å². The number of nitrogens with zero attached hydrogens (tertiary/aromatic N) is 1. The minimum Gasteiger partial charge on any atom is -0.462 e. The van der Waals surface area contributed by atoms with Gasteiger partial charge in [0.2, 0.25) is 0 Å². The predicted octanol–water partition coefficient (Wildman–Crippen LogP) is 3.41. The first kappa shape index (κ1) is 14.5. The highest BCUT2D eigenvalue weighted by Gasteiger charge is 2.13. The van der Waals surface area contributed by atoms with E-state index in [9.17, 15) is 9.18 Å². The molecule has 0 unspecified atom stereocenters. The highest BCUT2D eigenvalue weighted by Crippen LogP contribution is 2.26. The van der Waals surface area contributed by atoms with E-state index in [2.05, 4.69) is 20.9 Å². The van der Waals surface area contributed by atoms with Gasteiger partial charge in [0, 0.05) is 5.56 Å². The van der Waals surface area contributed by atoms with Crippen molar-refractivity contribution in [3.05, 3.63) is 46.3 Å². The number of hydrogen-bond acceptors (Lipinski definition) is 4. The first-order valence-corrected chi connectivity index (χ1v) is 6.71. The van der Waals surface area contributed by atoms with Crippen molar-refractivity contribution >= 4 is 27.6 Å². The number of esters is 1. The Morgan fingerprint density at radius 2 is 2.15 bits per heavy atom. The maximum atomic E-state index is 13.9. The fourth-order valence-electron chi connectivity index (χ4n) is 1.66. The Labute approximate surface area is 123 Å². The lowest BCUT2D eigenvalue weighted by Crippen LogP contribution is -2.05. The van der Waals surface area contributed by atoms with Crippen LogP contribution in [0.25, 0.3) is 11.3 Å². The number of hydrogen-bond donors (Lipinski definition) is 1. The zero-order valence-electron chi connectivity index (χ0n) is 10.7. The standard InChI is InChI=1S/C14H12BrFN2O2/c1-2-20-14(19)8-3-4-10(16)9(7-8)12-6-5-11(17)13(15)18-12/h3-7H,2,17H2,1H3. The lowest BCUT2D eigenvalue weighted by atomic mass is 10.1. The van der Waals surface area contributed by atoms with Crippen LogP contribution in [-0.2, 0) is 4.74 Å². The van der Waals surface area contributed by atoms with Gasteiger partial charge in [-0.25, -0.2) is 14.2 Å². The minimum atomic E-state index is -0.497. The third-order valence-electron chi connectivity index (χ3n) is 2.63. The average molecular weight is 339 g/mol. The molecule has 0 aliphatic carbocycles. The molecule has 2 N–H and O–H groups in total. The van der Waals surface area contributed by atoms with Gasteiger partial charge in [0.25, 0.3) is 0 Å². The largest absolute Gasteiger partial charge is 0.462 e. The summed E-state index contributed by atoms with van der Waals surface area (Å²) in [7, 11) is 0. The number of pyridine rings is 1. The van der Waals surface area contributed by atoms with E-state index in [0.717, 1.165) is 0 Å². The van der Waals surface area contributed by atoms with Crippen molar-refractivity contribution in [1.82, 2.24) is 4.98 Å². The highest BCUT2D eigenvalue weighted by atomic mass is 79.9. The Balaban J connectivity index is 2.47. The predicted molar refractivity (Wildman–Crippen MR) is 77.7 cm³/mol. The number of nitrogen functional groups attached to an aromatic ring is 1. The SMILES string of the molecule is CCOC(=O)c1ccc(F)c(-c2ccc(N)c(Br)n2)c1. The summed E-state index contributed by atoms with van der Waals surface area (Å²) >= 11 is 3.19. The summed E-state index contributed by atoms with van der Waals surface area (Å²) in [5.41, 5.74) is 6.98. The van der Waals surface area contributed by atoms with Crippen molar-refractivity contribution < 1.29 is 13.9 Å². The molecule has 1 heterocycles. The van der Waals surface area contributed by atoms with Gasteiger partial charge in [-0.1, -0.05) is 0 Å². The van der Waals surface area contributed by atoms with Gasteiger partial charge in [-0.2, -0.15) is 0 Å². The Morgan fingerprint density at radius 1 is 1.40 bits per heavy atom. The molecule has 0 amide bonds. The second kappa shape index (κ2) is 6.00. The molecule has 0 aliphatic heterocycles. The van der Waals surface area contributed by atoms with Crippen molar-refractivity contribution in [3.63, 3.8) is 0 Å². The van der Waals surface area contributed by atoms with E-state index in [1.54, 1.807) is 19.1 Å². The number of ether oxygens (including phenoxy) is 1. The number of benzene rings is 1. The summed E-state index contributed by atoms with van der Waals surface area (Å²) in [5.74, 6) is -0.967. The van der Waals surface area contributed by atoms with Gasteiger partial charge < -0.3 is 10.5 Å². The zero-order valence-corrected chi connectivity index (χ0v) is 12.3. The maximum absolute atomic E-state index is 13.9. The molecule has 0 fully saturated rings. The molecule has 2 rings (SSSR count). The lowest BCUT2D eigenvalue weighted by Gasteiger charge is -2.07. The summed E-state index contributed by atoms with van der Waals surface area (Å²) in [6.07, 6.45) is 0. The second-order valence-corrected chi connectivity index (χ2v) is 4.74. The molecular weight excluding hydrogens is 327 g/mol. The summed E-state index contributed by atoms with van der Waals surface area (Å²) in [5, 5.41) is 0. The van der Waals surface area contributed by atoms with Crippen LogP contribution in [0.4, 0.5) is 10.1 Å². The Kier molecular flexibility index (Phi) is 4.34. The van der Waals surface area contributed by atoms with Gasteiger partial charge in [0.15, 0.2) is 0 Å². The fraction of sp³-hybridized carbons (Fsp3) is 0.143. The van der Waals surface area contributed by atoms with Crippen LogP contribution in [0.15, 0.2) is 34.9 Å². The van der Waals surface area contributed by atoms with Crippen LogP contribution < -0.4 is 5.73 Å². The monoisotopic (exact) mass is 338 g/mol. The molecule has 0 atom stereocenters. The van der Waals surface area contributed by atoms with Gasteiger partial charge in [0.05, 0.1) is 23.6 Å². The van der Waals surface area contributed by atoms with E-state index < -0.39 is 11.8 Å². The fourth-order valence-corrected chi connectivity index (χ4v) is 1.98. The minimum absolute atomic E-state index is 0.219. The summed E-state index contributed by atoms with van der Waals surface area (Å²) in [4.78, 5) is 15.8. The molecule has 0 aliphatic rings. The van der Waals surface area contributed by atoms with Crippen LogP contribution in [-0.4, -0.2) is 17.6 Å². The van der Waals surface area contributed by atoms with E-state index >= 15 is 0 Å². The third kappa shape index (κ3) is 2.96. The topological polar surface area (TPSA) is 65.2 Å². The molecule has 0 saturated heterocycles. The van der Waals surface area contributed by atoms with E-state index in [1.165, 1.54) is 18.2 Å². The highest BCUT2D eigenvalue weighted by molar-refractivity contribution is 9.10. The van der Waals surface area contributed by atoms with Crippen LogP contribution >= 0.6 is 15.9 Å². The number of rotatable bonds is 3. The summed E-state index contributed by atoms with van der Waals surface area (Å²) in [6, 6.07) is 7.21. The summed E-state index contributed by atoms with van der Waals surface area (Å²) < 4.78 is 19.2. The van der Waals surface area contributed by atoms with Crippen molar-refractivity contribution in [2.45, 2.75) is 6.92 Å². The maximum Gasteiger partial charge on any atom is 0.338 e. The molecule has 2 aromatic rings. The molecule has 20 heavy (non-hydrogen) atoms. The van der Waals surface area contributed by atoms with Gasteiger partial charge in [-0.05, 0) is 53.2 Å². The number of carbonyl (C=O) groups is 1. The van der Waals surface area contributed by atoms with E-state index in [-0.39, 0.29) is 17.7 Å². The number of aromatic nitrogens is 1. The van der Waals surface area contributed by atoms with E-state index in [1.807, 2.05) is 0 Å². The van der Waals surface area contributed by atoms with Crippen LogP contribution in [0.2, 0.25) is 0 Å². The Morgan fingerprint density at radius 3 is 2.80 bits per heavy atom. The first-order chi connectivity index (χ1) is 9.52. The molecule has 0 saturated carbocycles. The molecule has 1 aromatic heterocycles. The van der Waals surface area contributed by atoms with E-state index in [0.29, 0.717) is 16.0 Å². The van der Waals surface area contributed by atoms with Gasteiger partial charge in [-0.3, -0.25) is 0 Å².